The summed E-state index contributed by atoms with van der Waals surface area (Å²) < 4.78 is 0.784. The molecule has 1 aromatic carbocycles. The zero-order valence-electron chi connectivity index (χ0n) is 9.41. The second-order valence-corrected chi connectivity index (χ2v) is 5.05. The minimum atomic E-state index is -0.148. The van der Waals surface area contributed by atoms with Crippen LogP contribution in [0.3, 0.4) is 0 Å². The second-order valence-electron chi connectivity index (χ2n) is 3.70. The molecular formula is C12H11BrClN3O. The SMILES string of the molecule is O=C(NCCc1ncc[nH]1)c1cc(Cl)cc(Br)c1. The van der Waals surface area contributed by atoms with Gasteiger partial charge in [-0.3, -0.25) is 4.79 Å². The lowest BCUT2D eigenvalue weighted by atomic mass is 10.2. The first-order valence-electron chi connectivity index (χ1n) is 5.38. The van der Waals surface area contributed by atoms with Crippen LogP contribution in [0.25, 0.3) is 0 Å². The number of nitrogens with one attached hydrogen (secondary N) is 2. The largest absolute Gasteiger partial charge is 0.352 e. The number of amides is 1. The molecule has 0 atom stereocenters. The highest BCUT2D eigenvalue weighted by molar-refractivity contribution is 9.10. The lowest BCUT2D eigenvalue weighted by Crippen LogP contribution is -2.25. The number of halogens is 2. The van der Waals surface area contributed by atoms with Gasteiger partial charge in [0.2, 0.25) is 0 Å². The van der Waals surface area contributed by atoms with Crippen molar-refractivity contribution in [1.29, 1.82) is 0 Å². The van der Waals surface area contributed by atoms with E-state index in [1.54, 1.807) is 30.6 Å². The number of nitrogens with zero attached hydrogens (tertiary/aromatic N) is 1. The van der Waals surface area contributed by atoms with E-state index in [1.807, 2.05) is 0 Å². The molecule has 1 heterocycles. The zero-order valence-corrected chi connectivity index (χ0v) is 11.8. The van der Waals surface area contributed by atoms with Gasteiger partial charge in [-0.1, -0.05) is 27.5 Å². The quantitative estimate of drug-likeness (QED) is 0.906. The molecule has 0 spiro atoms. The first-order valence-corrected chi connectivity index (χ1v) is 6.55. The van der Waals surface area contributed by atoms with Gasteiger partial charge in [0.1, 0.15) is 5.82 Å². The third-order valence-electron chi connectivity index (χ3n) is 2.33. The van der Waals surface area contributed by atoms with Gasteiger partial charge in [0, 0.05) is 40.4 Å². The summed E-state index contributed by atoms with van der Waals surface area (Å²) in [4.78, 5) is 18.9. The number of H-pyrrole nitrogens is 1. The van der Waals surface area contributed by atoms with Crippen molar-refractivity contribution in [2.24, 2.45) is 0 Å². The lowest BCUT2D eigenvalue weighted by molar-refractivity contribution is 0.0954. The van der Waals surface area contributed by atoms with Crippen LogP contribution < -0.4 is 5.32 Å². The summed E-state index contributed by atoms with van der Waals surface area (Å²) in [6, 6.07) is 5.10. The summed E-state index contributed by atoms with van der Waals surface area (Å²) in [5, 5.41) is 3.34. The van der Waals surface area contributed by atoms with E-state index in [1.165, 1.54) is 0 Å². The number of hydrogen-bond donors (Lipinski definition) is 2. The van der Waals surface area contributed by atoms with E-state index in [9.17, 15) is 4.79 Å². The first kappa shape index (κ1) is 13.1. The minimum Gasteiger partial charge on any atom is -0.352 e. The summed E-state index contributed by atoms with van der Waals surface area (Å²) in [5.74, 6) is 0.701. The van der Waals surface area contributed by atoms with Crippen LogP contribution in [0.1, 0.15) is 16.2 Å². The summed E-state index contributed by atoms with van der Waals surface area (Å²) >= 11 is 9.19. The molecule has 0 fully saturated rings. The van der Waals surface area contributed by atoms with Crippen LogP contribution in [0.4, 0.5) is 0 Å². The van der Waals surface area contributed by atoms with Gasteiger partial charge in [0.25, 0.3) is 5.91 Å². The topological polar surface area (TPSA) is 57.8 Å². The summed E-state index contributed by atoms with van der Waals surface area (Å²) in [6.45, 7) is 0.524. The van der Waals surface area contributed by atoms with Crippen LogP contribution in [0.2, 0.25) is 5.02 Å². The molecule has 4 nitrogen and oxygen atoms in total. The molecule has 2 rings (SSSR count). The van der Waals surface area contributed by atoms with Gasteiger partial charge in [-0.15, -0.1) is 0 Å². The van der Waals surface area contributed by atoms with Gasteiger partial charge < -0.3 is 10.3 Å². The summed E-state index contributed by atoms with van der Waals surface area (Å²) in [5.41, 5.74) is 0.536. The molecule has 0 saturated heterocycles. The molecule has 1 amide bonds. The number of aromatic nitrogens is 2. The van der Waals surface area contributed by atoms with Crippen molar-refractivity contribution in [2.45, 2.75) is 6.42 Å². The van der Waals surface area contributed by atoms with Crippen LogP contribution in [0, 0.1) is 0 Å². The highest BCUT2D eigenvalue weighted by atomic mass is 79.9. The maximum atomic E-state index is 11.9. The number of benzene rings is 1. The third-order valence-corrected chi connectivity index (χ3v) is 3.00. The molecule has 1 aromatic heterocycles. The van der Waals surface area contributed by atoms with E-state index >= 15 is 0 Å². The second kappa shape index (κ2) is 6.02. The molecule has 0 radical (unpaired) electrons. The van der Waals surface area contributed by atoms with Crippen LogP contribution in [-0.4, -0.2) is 22.4 Å². The highest BCUT2D eigenvalue weighted by Crippen LogP contribution is 2.19. The van der Waals surface area contributed by atoms with Gasteiger partial charge in [-0.25, -0.2) is 4.98 Å². The van der Waals surface area contributed by atoms with Crippen molar-refractivity contribution >= 4 is 33.4 Å². The average Bonchev–Trinajstić information content (AvgIpc) is 2.80. The van der Waals surface area contributed by atoms with Crippen LogP contribution in [0.15, 0.2) is 35.1 Å². The highest BCUT2D eigenvalue weighted by Gasteiger charge is 2.07. The number of imidazole rings is 1. The summed E-state index contributed by atoms with van der Waals surface area (Å²) in [7, 11) is 0. The van der Waals surface area contributed by atoms with Crippen LogP contribution >= 0.6 is 27.5 Å². The number of rotatable bonds is 4. The number of carbonyl (C=O) groups excluding carboxylic acids is 1. The number of aromatic amines is 1. The number of carbonyl (C=O) groups is 1. The van der Waals surface area contributed by atoms with E-state index in [4.69, 9.17) is 11.6 Å². The van der Waals surface area contributed by atoms with Crippen molar-refractivity contribution in [3.63, 3.8) is 0 Å². The minimum absolute atomic E-state index is 0.148. The number of hydrogen-bond acceptors (Lipinski definition) is 2. The van der Waals surface area contributed by atoms with E-state index < -0.39 is 0 Å². The zero-order chi connectivity index (χ0) is 13.0. The molecule has 18 heavy (non-hydrogen) atoms. The molecule has 6 heteroatoms. The Balaban J connectivity index is 1.91. The Hall–Kier alpha value is -1.33. The molecule has 0 bridgehead atoms. The first-order chi connectivity index (χ1) is 8.65. The van der Waals surface area contributed by atoms with Crippen molar-refractivity contribution in [2.75, 3.05) is 6.54 Å². The fraction of sp³-hybridized carbons (Fsp3) is 0.167. The molecular weight excluding hydrogens is 318 g/mol. The predicted molar refractivity (Wildman–Crippen MR) is 73.8 cm³/mol. The fourth-order valence-corrected chi connectivity index (χ4v) is 2.38. The van der Waals surface area contributed by atoms with E-state index in [-0.39, 0.29) is 5.91 Å². The predicted octanol–water partition coefficient (Wildman–Crippen LogP) is 2.80. The van der Waals surface area contributed by atoms with E-state index in [0.717, 1.165) is 10.3 Å². The molecule has 2 aromatic rings. The molecule has 2 N–H and O–H groups in total. The Labute approximate surface area is 118 Å². The average molecular weight is 329 g/mol. The van der Waals surface area contributed by atoms with Gasteiger partial charge >= 0.3 is 0 Å². The lowest BCUT2D eigenvalue weighted by Gasteiger charge is -2.05. The Bertz CT molecular complexity index is 522. The maximum absolute atomic E-state index is 11.9. The van der Waals surface area contributed by atoms with Gasteiger partial charge in [-0.2, -0.15) is 0 Å². The summed E-state index contributed by atoms with van der Waals surface area (Å²) in [6.07, 6.45) is 4.11. The molecule has 94 valence electrons. The van der Waals surface area contributed by atoms with E-state index in [0.29, 0.717) is 23.6 Å². The molecule has 0 unspecified atom stereocenters. The third kappa shape index (κ3) is 3.58. The molecule has 0 saturated carbocycles. The van der Waals surface area contributed by atoms with Crippen molar-refractivity contribution in [3.8, 4) is 0 Å². The molecule has 0 aliphatic carbocycles. The molecule has 0 aliphatic heterocycles. The van der Waals surface area contributed by atoms with Gasteiger partial charge in [0.15, 0.2) is 0 Å². The van der Waals surface area contributed by atoms with Crippen molar-refractivity contribution in [1.82, 2.24) is 15.3 Å². The Morgan fingerprint density at radius 1 is 1.44 bits per heavy atom. The smallest absolute Gasteiger partial charge is 0.251 e. The normalized spacial score (nSPS) is 10.3. The van der Waals surface area contributed by atoms with Crippen molar-refractivity contribution in [3.05, 3.63) is 51.5 Å². The monoisotopic (exact) mass is 327 g/mol. The molecule has 0 aliphatic rings. The van der Waals surface area contributed by atoms with Gasteiger partial charge in [0.05, 0.1) is 0 Å². The fourth-order valence-electron chi connectivity index (χ4n) is 1.52. The standard InChI is InChI=1S/C12H11BrClN3O/c13-9-5-8(6-10(14)7-9)12(18)17-2-1-11-15-3-4-16-11/h3-7H,1-2H2,(H,15,16)(H,17,18). The van der Waals surface area contributed by atoms with Crippen molar-refractivity contribution < 1.29 is 4.79 Å². The maximum Gasteiger partial charge on any atom is 0.251 e. The Kier molecular flexibility index (Phi) is 4.38. The van der Waals surface area contributed by atoms with Crippen LogP contribution in [-0.2, 0) is 6.42 Å². The van der Waals surface area contributed by atoms with E-state index in [2.05, 4.69) is 31.2 Å². The Morgan fingerprint density at radius 2 is 2.28 bits per heavy atom. The Morgan fingerprint density at radius 3 is 2.94 bits per heavy atom. The van der Waals surface area contributed by atoms with Crippen LogP contribution in [0.5, 0.6) is 0 Å². The van der Waals surface area contributed by atoms with Gasteiger partial charge in [-0.05, 0) is 18.2 Å².